The third-order valence-corrected chi connectivity index (χ3v) is 10.1. The molecule has 320 valence electrons. The van der Waals surface area contributed by atoms with Crippen LogP contribution in [-0.4, -0.2) is 19.9 Å². The molecule has 0 spiro atoms. The van der Waals surface area contributed by atoms with Gasteiger partial charge in [0.25, 0.3) is 0 Å². The Balaban J connectivity index is 0.000000181. The van der Waals surface area contributed by atoms with Crippen LogP contribution in [0.4, 0.5) is 8.78 Å². The van der Waals surface area contributed by atoms with E-state index in [2.05, 4.69) is 98.8 Å². The van der Waals surface area contributed by atoms with Crippen molar-refractivity contribution in [3.63, 3.8) is 0 Å². The summed E-state index contributed by atoms with van der Waals surface area (Å²) in [5, 5.41) is 5.80. The summed E-state index contributed by atoms with van der Waals surface area (Å²) in [6, 6.07) is 67.9. The maximum Gasteiger partial charge on any atom is 0.0595 e. The summed E-state index contributed by atoms with van der Waals surface area (Å²) >= 11 is 1.73. The van der Waals surface area contributed by atoms with Crippen molar-refractivity contribution in [2.45, 2.75) is 0 Å². The first-order chi connectivity index (χ1) is 29.1. The van der Waals surface area contributed by atoms with E-state index in [4.69, 9.17) is 0 Å². The molecule has 0 saturated carbocycles. The number of fused-ring (bicyclic) bond motifs is 5. The molecule has 0 aliphatic rings. The Morgan fingerprint density at radius 2 is 1.14 bits per heavy atom. The van der Waals surface area contributed by atoms with Crippen LogP contribution in [0.2, 0.25) is 0 Å². The zero-order chi connectivity index (χ0) is 40.2. The van der Waals surface area contributed by atoms with Crippen molar-refractivity contribution < 1.29 is 89.2 Å². The van der Waals surface area contributed by atoms with Gasteiger partial charge in [-0.15, -0.1) is 107 Å². The minimum atomic E-state index is -0.649. The summed E-state index contributed by atoms with van der Waals surface area (Å²) in [5.41, 5.74) is 5.70. The molecule has 0 N–H and O–H groups in total. The van der Waals surface area contributed by atoms with Crippen LogP contribution in [0, 0.1) is 35.9 Å². The van der Waals surface area contributed by atoms with E-state index in [1.807, 2.05) is 103 Å². The molecule has 0 unspecified atom stereocenters. The van der Waals surface area contributed by atoms with Gasteiger partial charge in [-0.3, -0.25) is 13.8 Å². The van der Waals surface area contributed by atoms with Crippen molar-refractivity contribution in [2.24, 2.45) is 0 Å². The van der Waals surface area contributed by atoms with Gasteiger partial charge in [-0.05, 0) is 61.5 Å². The Hall–Kier alpha value is -4.88. The monoisotopic (exact) mass is 1550 g/mol. The number of aromatic nitrogens is 4. The van der Waals surface area contributed by atoms with Crippen LogP contribution < -0.4 is 0 Å². The molecular formula is C52H32F2Ir4N4S-4. The largest absolute Gasteiger partial charge is 0.305 e. The molecule has 4 nitrogen and oxygen atoms in total. The number of nitrogens with zero attached hydrogens (tertiary/aromatic N) is 4. The van der Waals surface area contributed by atoms with Crippen LogP contribution in [0.5, 0.6) is 0 Å². The number of halogens is 2. The van der Waals surface area contributed by atoms with Gasteiger partial charge in [-0.2, -0.15) is 0 Å². The molecule has 0 fully saturated rings. The number of pyridine rings is 4. The summed E-state index contributed by atoms with van der Waals surface area (Å²) in [6.45, 7) is 0. The Morgan fingerprint density at radius 3 is 1.89 bits per heavy atom. The minimum Gasteiger partial charge on any atom is -0.305 e. The van der Waals surface area contributed by atoms with Gasteiger partial charge < -0.3 is 15.0 Å². The molecule has 5 heterocycles. The van der Waals surface area contributed by atoms with Gasteiger partial charge in [0, 0.05) is 116 Å². The molecule has 0 saturated heterocycles. The first kappa shape index (κ1) is 50.8. The smallest absolute Gasteiger partial charge is 0.0595 e. The van der Waals surface area contributed by atoms with Crippen LogP contribution in [0.1, 0.15) is 0 Å². The van der Waals surface area contributed by atoms with E-state index in [1.165, 1.54) is 26.2 Å². The predicted molar refractivity (Wildman–Crippen MR) is 236 cm³/mol. The van der Waals surface area contributed by atoms with Crippen LogP contribution in [0.3, 0.4) is 0 Å². The van der Waals surface area contributed by atoms with E-state index in [0.717, 1.165) is 50.4 Å². The van der Waals surface area contributed by atoms with Gasteiger partial charge in [-0.25, -0.2) is 11.3 Å². The van der Waals surface area contributed by atoms with Crippen molar-refractivity contribution in [2.75, 3.05) is 0 Å². The minimum absolute atomic E-state index is 0. The number of hydrogen-bond donors (Lipinski definition) is 0. The van der Waals surface area contributed by atoms with Gasteiger partial charge in [0.15, 0.2) is 0 Å². The van der Waals surface area contributed by atoms with Crippen molar-refractivity contribution >= 4 is 54.0 Å². The van der Waals surface area contributed by atoms with E-state index in [0.29, 0.717) is 5.69 Å². The van der Waals surface area contributed by atoms with Crippen molar-refractivity contribution in [1.82, 2.24) is 19.9 Å². The number of benzene rings is 6. The number of rotatable bonds is 3. The fourth-order valence-corrected chi connectivity index (χ4v) is 7.17. The van der Waals surface area contributed by atoms with Gasteiger partial charge in [0.05, 0.1) is 5.52 Å². The standard InChI is InChI=1S/C15H10N.C13H8NS.C13H8N.C11H6F2N.4Ir/c1-2-6-12(7-3-1)15-11-10-13-8-4-5-9-14(13)16-15;1-2-7-12-10(5-1)9-13(15-12)11-6-3-4-8-14-11;1-2-6-12-10(4-1)7-8-11-5-3-9-14-13(11)12;12-8-4-5-9(10(13)7-8)11-3-1-2-6-14-11;;;;/h1-6,8-11H;1-8H;1-5,7-9H;1-4,6-7H;;;;/q4*-1;;;;. The van der Waals surface area contributed by atoms with Crippen molar-refractivity contribution in [1.29, 1.82) is 0 Å². The van der Waals surface area contributed by atoms with Gasteiger partial charge in [-0.1, -0.05) is 96.6 Å². The summed E-state index contributed by atoms with van der Waals surface area (Å²) < 4.78 is 27.1. The molecule has 63 heavy (non-hydrogen) atoms. The molecule has 11 aromatic rings. The quantitative estimate of drug-likeness (QED) is 0.131. The summed E-state index contributed by atoms with van der Waals surface area (Å²) in [4.78, 5) is 18.4. The summed E-state index contributed by atoms with van der Waals surface area (Å²) in [6.07, 6.45) is 5.18. The topological polar surface area (TPSA) is 51.6 Å². The molecule has 11 rings (SSSR count). The molecular weight excluding hydrogens is 1520 g/mol. The van der Waals surface area contributed by atoms with Crippen LogP contribution in [0.15, 0.2) is 195 Å². The molecule has 0 bridgehead atoms. The third-order valence-electron chi connectivity index (χ3n) is 9.01. The van der Waals surface area contributed by atoms with E-state index in [1.54, 1.807) is 35.7 Å². The second kappa shape index (κ2) is 25.4. The maximum absolute atomic E-state index is 13.2. The van der Waals surface area contributed by atoms with Crippen LogP contribution >= 0.6 is 11.3 Å². The molecule has 0 amide bonds. The summed E-state index contributed by atoms with van der Waals surface area (Å²) in [5.74, 6) is -1.29. The normalized spacial score (nSPS) is 9.87. The molecule has 0 atom stereocenters. The molecule has 4 radical (unpaired) electrons. The van der Waals surface area contributed by atoms with Crippen molar-refractivity contribution in [3.8, 4) is 33.1 Å². The first-order valence-electron chi connectivity index (χ1n) is 18.7. The Kier molecular flexibility index (Phi) is 20.5. The summed E-state index contributed by atoms with van der Waals surface area (Å²) in [7, 11) is 0. The van der Waals surface area contributed by atoms with Gasteiger partial charge in [0.2, 0.25) is 0 Å². The number of thiophene rings is 1. The average molecular weight is 1550 g/mol. The van der Waals surface area contributed by atoms with E-state index < -0.39 is 11.6 Å². The zero-order valence-corrected chi connectivity index (χ0v) is 43.2. The molecule has 6 aromatic carbocycles. The van der Waals surface area contributed by atoms with Crippen LogP contribution in [-0.2, 0) is 80.4 Å². The molecule has 11 heteroatoms. The molecule has 5 aromatic heterocycles. The molecule has 0 aliphatic carbocycles. The van der Waals surface area contributed by atoms with E-state index in [9.17, 15) is 8.78 Å². The van der Waals surface area contributed by atoms with E-state index in [-0.39, 0.29) is 86.0 Å². The number of para-hydroxylation sites is 1. The SMILES string of the molecule is Fc1c[c-]c(-c2ccccn2)c(F)c1.[Ir].[Ir].[Ir].[Ir].[c-]1c(-c2ccccn2)sc2ccccc12.[c-]1cccc2ccc3cccnc3c12.[c-]1ccccc1-c1ccc2ccccc2n1. The average Bonchev–Trinajstić information content (AvgIpc) is 3.75. The maximum atomic E-state index is 13.2. The third kappa shape index (κ3) is 13.3. The Labute approximate surface area is 422 Å². The van der Waals surface area contributed by atoms with Gasteiger partial charge >= 0.3 is 0 Å². The second-order valence-corrected chi connectivity index (χ2v) is 14.0. The Morgan fingerprint density at radius 1 is 0.492 bits per heavy atom. The number of hydrogen-bond acceptors (Lipinski definition) is 5. The molecule has 0 aliphatic heterocycles. The Bertz CT molecular complexity index is 3020. The first-order valence-corrected chi connectivity index (χ1v) is 19.5. The second-order valence-electron chi connectivity index (χ2n) is 13.0. The van der Waals surface area contributed by atoms with Crippen LogP contribution in [0.25, 0.3) is 75.8 Å². The van der Waals surface area contributed by atoms with Crippen molar-refractivity contribution in [3.05, 3.63) is 230 Å². The predicted octanol–water partition coefficient (Wildman–Crippen LogP) is 13.5. The fraction of sp³-hybridized carbons (Fsp3) is 0. The van der Waals surface area contributed by atoms with E-state index >= 15 is 0 Å². The zero-order valence-electron chi connectivity index (χ0n) is 32.8. The van der Waals surface area contributed by atoms with Gasteiger partial charge in [0.1, 0.15) is 0 Å². The fourth-order valence-electron chi connectivity index (χ4n) is 6.19.